The SMILES string of the molecule is C[N-]c1ccc(Oc2ccc(N(N)C(=O)c3cccc(C(C)O)c3)cc2)cc1. The maximum atomic E-state index is 12.6. The molecule has 0 aliphatic rings. The van der Waals surface area contributed by atoms with Gasteiger partial charge in [0.2, 0.25) is 0 Å². The van der Waals surface area contributed by atoms with Crippen LogP contribution in [0.2, 0.25) is 0 Å². The second-order valence-electron chi connectivity index (χ2n) is 6.29. The Hall–Kier alpha value is -3.35. The summed E-state index contributed by atoms with van der Waals surface area (Å²) in [7, 11) is 1.73. The van der Waals surface area contributed by atoms with Gasteiger partial charge in [0.25, 0.3) is 5.91 Å². The standard InChI is InChI=1S/C22H22N3O3/c1-15(26)16-4-3-5-17(14-16)22(27)25(23)19-8-12-21(13-9-19)28-20-10-6-18(24-2)7-11-20/h3-15,26H,23H2,1-2H3/q-1. The van der Waals surface area contributed by atoms with E-state index in [0.29, 0.717) is 28.3 Å². The van der Waals surface area contributed by atoms with Crippen molar-refractivity contribution in [3.63, 3.8) is 0 Å². The van der Waals surface area contributed by atoms with E-state index in [-0.39, 0.29) is 5.91 Å². The van der Waals surface area contributed by atoms with E-state index in [1.807, 2.05) is 24.3 Å². The summed E-state index contributed by atoms with van der Waals surface area (Å²) in [5.74, 6) is 6.95. The van der Waals surface area contributed by atoms with E-state index >= 15 is 0 Å². The molecule has 0 aliphatic carbocycles. The Bertz CT molecular complexity index is 938. The highest BCUT2D eigenvalue weighted by Gasteiger charge is 2.15. The van der Waals surface area contributed by atoms with Crippen molar-refractivity contribution in [2.24, 2.45) is 5.84 Å². The Labute approximate surface area is 164 Å². The van der Waals surface area contributed by atoms with Gasteiger partial charge in [0, 0.05) is 5.56 Å². The van der Waals surface area contributed by atoms with E-state index in [2.05, 4.69) is 5.32 Å². The molecule has 1 unspecified atom stereocenters. The van der Waals surface area contributed by atoms with E-state index in [0.717, 1.165) is 10.7 Å². The van der Waals surface area contributed by atoms with Crippen molar-refractivity contribution < 1.29 is 14.6 Å². The largest absolute Gasteiger partial charge is 0.687 e. The average Bonchev–Trinajstić information content (AvgIpc) is 2.74. The van der Waals surface area contributed by atoms with Crippen LogP contribution in [-0.2, 0) is 0 Å². The fraction of sp³-hybridized carbons (Fsp3) is 0.136. The molecule has 0 saturated heterocycles. The maximum absolute atomic E-state index is 12.6. The molecule has 1 atom stereocenters. The predicted molar refractivity (Wildman–Crippen MR) is 110 cm³/mol. The normalized spacial score (nSPS) is 11.6. The van der Waals surface area contributed by atoms with Crippen molar-refractivity contribution >= 4 is 17.3 Å². The first-order valence-electron chi connectivity index (χ1n) is 8.83. The number of rotatable bonds is 6. The summed E-state index contributed by atoms with van der Waals surface area (Å²) in [6, 6.07) is 21.1. The number of hydrogen-bond donors (Lipinski definition) is 2. The number of carbonyl (C=O) groups excluding carboxylic acids is 1. The summed E-state index contributed by atoms with van der Waals surface area (Å²) >= 11 is 0. The number of aliphatic hydroxyl groups excluding tert-OH is 1. The number of anilines is 1. The number of hydrazine groups is 1. The molecule has 0 bridgehead atoms. The van der Waals surface area contributed by atoms with Gasteiger partial charge in [0.15, 0.2) is 0 Å². The number of nitrogens with zero attached hydrogens (tertiary/aromatic N) is 2. The van der Waals surface area contributed by atoms with Gasteiger partial charge in [0.05, 0.1) is 11.8 Å². The van der Waals surface area contributed by atoms with Crippen molar-refractivity contribution in [2.45, 2.75) is 13.0 Å². The van der Waals surface area contributed by atoms with Crippen LogP contribution in [0, 0.1) is 0 Å². The molecule has 6 nitrogen and oxygen atoms in total. The number of amides is 1. The zero-order valence-corrected chi connectivity index (χ0v) is 15.7. The Morgan fingerprint density at radius 2 is 1.64 bits per heavy atom. The number of benzene rings is 3. The molecule has 0 aromatic heterocycles. The van der Waals surface area contributed by atoms with Crippen LogP contribution in [-0.4, -0.2) is 18.1 Å². The highest BCUT2D eigenvalue weighted by Crippen LogP contribution is 2.27. The molecule has 28 heavy (non-hydrogen) atoms. The Morgan fingerprint density at radius 1 is 1.04 bits per heavy atom. The van der Waals surface area contributed by atoms with Crippen molar-refractivity contribution in [1.82, 2.24) is 0 Å². The summed E-state index contributed by atoms with van der Waals surface area (Å²) < 4.78 is 5.79. The monoisotopic (exact) mass is 376 g/mol. The molecule has 144 valence electrons. The maximum Gasteiger partial charge on any atom is 0.272 e. The van der Waals surface area contributed by atoms with Crippen LogP contribution in [0.4, 0.5) is 11.4 Å². The van der Waals surface area contributed by atoms with Crippen LogP contribution in [0.25, 0.3) is 5.32 Å². The van der Waals surface area contributed by atoms with Gasteiger partial charge in [-0.2, -0.15) is 0 Å². The third-order valence-corrected chi connectivity index (χ3v) is 4.28. The van der Waals surface area contributed by atoms with Crippen LogP contribution < -0.4 is 15.6 Å². The van der Waals surface area contributed by atoms with Crippen LogP contribution in [0.3, 0.4) is 0 Å². The van der Waals surface area contributed by atoms with Crippen molar-refractivity contribution in [3.05, 3.63) is 89.2 Å². The highest BCUT2D eigenvalue weighted by molar-refractivity contribution is 6.05. The minimum atomic E-state index is -0.657. The van der Waals surface area contributed by atoms with Gasteiger partial charge in [-0.15, -0.1) is 12.7 Å². The molecule has 0 saturated carbocycles. The van der Waals surface area contributed by atoms with Crippen LogP contribution >= 0.6 is 0 Å². The molecule has 0 heterocycles. The van der Waals surface area contributed by atoms with Crippen molar-refractivity contribution in [3.8, 4) is 11.5 Å². The molecule has 3 N–H and O–H groups in total. The first-order valence-corrected chi connectivity index (χ1v) is 8.83. The number of aliphatic hydroxyl groups is 1. The van der Waals surface area contributed by atoms with Gasteiger partial charge in [0.1, 0.15) is 11.5 Å². The van der Waals surface area contributed by atoms with Gasteiger partial charge in [-0.1, -0.05) is 24.3 Å². The molecule has 3 rings (SSSR count). The third-order valence-electron chi connectivity index (χ3n) is 4.28. The fourth-order valence-corrected chi connectivity index (χ4v) is 2.66. The zero-order valence-electron chi connectivity index (χ0n) is 15.7. The lowest BCUT2D eigenvalue weighted by molar-refractivity contribution is 0.0986. The quantitative estimate of drug-likeness (QED) is 0.371. The van der Waals surface area contributed by atoms with Crippen LogP contribution in [0.5, 0.6) is 11.5 Å². The summed E-state index contributed by atoms with van der Waals surface area (Å²) in [5, 5.41) is 14.8. The minimum Gasteiger partial charge on any atom is -0.687 e. The van der Waals surface area contributed by atoms with Gasteiger partial charge in [-0.25, -0.2) is 10.9 Å². The minimum absolute atomic E-state index is 0.366. The second kappa shape index (κ2) is 8.56. The predicted octanol–water partition coefficient (Wildman–Crippen LogP) is 4.69. The molecule has 6 heteroatoms. The summed E-state index contributed by atoms with van der Waals surface area (Å²) in [6.07, 6.45) is -0.657. The van der Waals surface area contributed by atoms with E-state index in [9.17, 15) is 9.90 Å². The Morgan fingerprint density at radius 3 is 2.21 bits per heavy atom. The molecule has 3 aromatic carbocycles. The summed E-state index contributed by atoms with van der Waals surface area (Å²) in [6.45, 7) is 1.65. The number of hydrogen-bond acceptors (Lipinski definition) is 4. The van der Waals surface area contributed by atoms with Gasteiger partial charge in [-0.05, 0) is 61.0 Å². The number of nitrogens with two attached hydrogens (primary N) is 1. The van der Waals surface area contributed by atoms with Crippen LogP contribution in [0.15, 0.2) is 72.8 Å². The lowest BCUT2D eigenvalue weighted by Crippen LogP contribution is -2.37. The van der Waals surface area contributed by atoms with Gasteiger partial charge in [-0.3, -0.25) is 4.79 Å². The van der Waals surface area contributed by atoms with E-state index in [1.54, 1.807) is 62.5 Å². The average molecular weight is 376 g/mol. The van der Waals surface area contributed by atoms with Gasteiger partial charge >= 0.3 is 0 Å². The van der Waals surface area contributed by atoms with E-state index in [1.165, 1.54) is 0 Å². The molecule has 3 aromatic rings. The molecular formula is C22H22N3O3-. The zero-order chi connectivity index (χ0) is 20.1. The summed E-state index contributed by atoms with van der Waals surface area (Å²) in [4.78, 5) is 12.6. The fourth-order valence-electron chi connectivity index (χ4n) is 2.66. The Balaban J connectivity index is 1.71. The summed E-state index contributed by atoms with van der Waals surface area (Å²) in [5.41, 5.74) is 2.46. The molecule has 0 radical (unpaired) electrons. The number of carbonyl (C=O) groups is 1. The topological polar surface area (TPSA) is 89.9 Å². The van der Waals surface area contributed by atoms with Gasteiger partial charge < -0.3 is 15.2 Å². The van der Waals surface area contributed by atoms with Crippen LogP contribution in [0.1, 0.15) is 28.9 Å². The molecule has 0 fully saturated rings. The molecule has 0 spiro atoms. The van der Waals surface area contributed by atoms with Crippen molar-refractivity contribution in [1.29, 1.82) is 0 Å². The smallest absolute Gasteiger partial charge is 0.272 e. The Kier molecular flexibility index (Phi) is 5.93. The lowest BCUT2D eigenvalue weighted by Gasteiger charge is -2.18. The first kappa shape index (κ1) is 19.4. The number of ether oxygens (including phenoxy) is 1. The highest BCUT2D eigenvalue weighted by atomic mass is 16.5. The molecular weight excluding hydrogens is 354 g/mol. The first-order chi connectivity index (χ1) is 13.5. The van der Waals surface area contributed by atoms with E-state index in [4.69, 9.17) is 10.6 Å². The van der Waals surface area contributed by atoms with Crippen molar-refractivity contribution in [2.75, 3.05) is 12.1 Å². The van der Waals surface area contributed by atoms with E-state index < -0.39 is 6.10 Å². The third kappa shape index (κ3) is 4.49. The second-order valence-corrected chi connectivity index (χ2v) is 6.29. The lowest BCUT2D eigenvalue weighted by atomic mass is 10.1. The molecule has 1 amide bonds. The molecule has 0 aliphatic heterocycles.